The molecule has 0 aromatic carbocycles. The Morgan fingerprint density at radius 1 is 1.58 bits per heavy atom. The fourth-order valence-electron chi connectivity index (χ4n) is 2.35. The van der Waals surface area contributed by atoms with Gasteiger partial charge in [-0.2, -0.15) is 5.10 Å². The number of ether oxygens (including phenoxy) is 1. The molecule has 0 radical (unpaired) electrons. The monoisotopic (exact) mass is 288 g/mol. The first-order valence-corrected chi connectivity index (χ1v) is 7.80. The van der Waals surface area contributed by atoms with Crippen molar-refractivity contribution in [2.24, 2.45) is 5.73 Å². The van der Waals surface area contributed by atoms with Gasteiger partial charge in [0.2, 0.25) is 10.0 Å². The maximum absolute atomic E-state index is 12.4. The van der Waals surface area contributed by atoms with Crippen molar-refractivity contribution in [1.29, 1.82) is 0 Å². The summed E-state index contributed by atoms with van der Waals surface area (Å²) in [5, 5.41) is 6.58. The molecule has 0 saturated carbocycles. The molecule has 0 bridgehead atoms. The second-order valence-electron chi connectivity index (χ2n) is 4.85. The molecule has 2 rings (SSSR count). The van der Waals surface area contributed by atoms with E-state index in [9.17, 15) is 8.42 Å². The minimum absolute atomic E-state index is 0.0703. The van der Waals surface area contributed by atoms with E-state index in [-0.39, 0.29) is 23.6 Å². The summed E-state index contributed by atoms with van der Waals surface area (Å²) < 4.78 is 32.9. The summed E-state index contributed by atoms with van der Waals surface area (Å²) >= 11 is 0. The molecular formula is C11H20N4O3S. The Morgan fingerprint density at radius 3 is 2.95 bits per heavy atom. The molecule has 2 heterocycles. The van der Waals surface area contributed by atoms with Crippen LogP contribution in [0, 0.1) is 6.92 Å². The molecule has 1 aliphatic heterocycles. The lowest BCUT2D eigenvalue weighted by Gasteiger charge is -2.27. The van der Waals surface area contributed by atoms with Crippen molar-refractivity contribution in [2.45, 2.75) is 50.3 Å². The number of sulfonamides is 1. The van der Waals surface area contributed by atoms with Crippen LogP contribution in [0.5, 0.6) is 0 Å². The van der Waals surface area contributed by atoms with E-state index >= 15 is 0 Å². The number of aromatic amines is 1. The van der Waals surface area contributed by atoms with Gasteiger partial charge >= 0.3 is 0 Å². The van der Waals surface area contributed by atoms with E-state index in [1.165, 1.54) is 0 Å². The summed E-state index contributed by atoms with van der Waals surface area (Å²) in [6, 6.07) is -0.103. The van der Waals surface area contributed by atoms with Gasteiger partial charge in [-0.05, 0) is 26.7 Å². The predicted molar refractivity (Wildman–Crippen MR) is 70.0 cm³/mol. The lowest BCUT2D eigenvalue weighted by atomic mass is 10.1. The molecule has 8 heteroatoms. The van der Waals surface area contributed by atoms with Gasteiger partial charge in [0.15, 0.2) is 0 Å². The fraction of sp³-hybridized carbons (Fsp3) is 0.727. The van der Waals surface area contributed by atoms with Crippen LogP contribution in [0.25, 0.3) is 0 Å². The van der Waals surface area contributed by atoms with Gasteiger partial charge in [-0.15, -0.1) is 0 Å². The molecule has 4 N–H and O–H groups in total. The summed E-state index contributed by atoms with van der Waals surface area (Å²) in [6.45, 7) is 4.27. The lowest BCUT2D eigenvalue weighted by molar-refractivity contribution is 0.0173. The molecule has 1 fully saturated rings. The Kier molecular flexibility index (Phi) is 4.24. The van der Waals surface area contributed by atoms with Gasteiger partial charge in [-0.3, -0.25) is 5.10 Å². The minimum Gasteiger partial charge on any atom is -0.378 e. The number of aryl methyl sites for hydroxylation is 1. The van der Waals surface area contributed by atoms with Crippen molar-refractivity contribution in [3.63, 3.8) is 0 Å². The summed E-state index contributed by atoms with van der Waals surface area (Å²) in [5.74, 6) is 0. The molecule has 1 aliphatic rings. The molecule has 0 aliphatic carbocycles. The number of nitrogens with one attached hydrogen (secondary N) is 2. The van der Waals surface area contributed by atoms with Gasteiger partial charge in [0, 0.05) is 19.2 Å². The molecule has 108 valence electrons. The van der Waals surface area contributed by atoms with E-state index in [0.717, 1.165) is 0 Å². The van der Waals surface area contributed by atoms with Gasteiger partial charge in [-0.25, -0.2) is 13.1 Å². The zero-order valence-corrected chi connectivity index (χ0v) is 12.0. The standard InChI is InChI=1S/C11H20N4O3S/c1-7-5-9(3-4-18-7)15-19(16,17)11-8(2)13-14-10(11)6-12/h7,9,15H,3-6,12H2,1-2H3,(H,13,14). The van der Waals surface area contributed by atoms with E-state index in [0.29, 0.717) is 30.8 Å². The fourth-order valence-corrected chi connectivity index (χ4v) is 4.01. The maximum atomic E-state index is 12.4. The number of hydrogen-bond donors (Lipinski definition) is 3. The molecule has 0 amide bonds. The summed E-state index contributed by atoms with van der Waals surface area (Å²) in [6.07, 6.45) is 1.42. The van der Waals surface area contributed by atoms with Crippen LogP contribution >= 0.6 is 0 Å². The molecule has 1 aromatic rings. The number of nitrogens with zero attached hydrogens (tertiary/aromatic N) is 1. The van der Waals surface area contributed by atoms with Crippen molar-refractivity contribution < 1.29 is 13.2 Å². The highest BCUT2D eigenvalue weighted by Gasteiger charge is 2.29. The molecular weight excluding hydrogens is 268 g/mol. The normalized spacial score (nSPS) is 24.6. The van der Waals surface area contributed by atoms with Crippen LogP contribution in [0.4, 0.5) is 0 Å². The van der Waals surface area contributed by atoms with E-state index < -0.39 is 10.0 Å². The van der Waals surface area contributed by atoms with Crippen molar-refractivity contribution in [2.75, 3.05) is 6.61 Å². The third-order valence-electron chi connectivity index (χ3n) is 3.23. The lowest BCUT2D eigenvalue weighted by Crippen LogP contribution is -2.41. The first-order valence-electron chi connectivity index (χ1n) is 6.32. The van der Waals surface area contributed by atoms with Gasteiger partial charge in [0.1, 0.15) is 4.90 Å². The van der Waals surface area contributed by atoms with Gasteiger partial charge in [0.25, 0.3) is 0 Å². The largest absolute Gasteiger partial charge is 0.378 e. The Hall–Kier alpha value is -0.960. The topological polar surface area (TPSA) is 110 Å². The van der Waals surface area contributed by atoms with Gasteiger partial charge < -0.3 is 10.5 Å². The molecule has 2 atom stereocenters. The van der Waals surface area contributed by atoms with Crippen LogP contribution < -0.4 is 10.5 Å². The zero-order valence-electron chi connectivity index (χ0n) is 11.1. The van der Waals surface area contributed by atoms with Crippen LogP contribution in [-0.4, -0.2) is 37.4 Å². The number of nitrogens with two attached hydrogens (primary N) is 1. The zero-order chi connectivity index (χ0) is 14.0. The molecule has 1 aromatic heterocycles. The third kappa shape index (κ3) is 3.14. The van der Waals surface area contributed by atoms with E-state index in [1.807, 2.05) is 6.92 Å². The number of hydrogen-bond acceptors (Lipinski definition) is 5. The highest BCUT2D eigenvalue weighted by Crippen LogP contribution is 2.20. The van der Waals surface area contributed by atoms with E-state index in [2.05, 4.69) is 14.9 Å². The highest BCUT2D eigenvalue weighted by atomic mass is 32.2. The predicted octanol–water partition coefficient (Wildman–Crippen LogP) is 0.0226. The summed E-state index contributed by atoms with van der Waals surface area (Å²) in [5.41, 5.74) is 6.39. The van der Waals surface area contributed by atoms with Crippen molar-refractivity contribution in [3.8, 4) is 0 Å². The van der Waals surface area contributed by atoms with Gasteiger partial charge in [0.05, 0.1) is 17.5 Å². The maximum Gasteiger partial charge on any atom is 0.244 e. The number of aromatic nitrogens is 2. The second-order valence-corrected chi connectivity index (χ2v) is 6.50. The molecule has 7 nitrogen and oxygen atoms in total. The van der Waals surface area contributed by atoms with Crippen LogP contribution in [0.2, 0.25) is 0 Å². The first-order chi connectivity index (χ1) is 8.94. The Balaban J connectivity index is 2.20. The van der Waals surface area contributed by atoms with Crippen molar-refractivity contribution in [3.05, 3.63) is 11.4 Å². The molecule has 1 saturated heterocycles. The molecule has 0 spiro atoms. The smallest absolute Gasteiger partial charge is 0.244 e. The molecule has 19 heavy (non-hydrogen) atoms. The van der Waals surface area contributed by atoms with Crippen molar-refractivity contribution in [1.82, 2.24) is 14.9 Å². The van der Waals surface area contributed by atoms with Crippen LogP contribution in [0.3, 0.4) is 0 Å². The third-order valence-corrected chi connectivity index (χ3v) is 4.95. The average molecular weight is 288 g/mol. The van der Waals surface area contributed by atoms with Crippen LogP contribution in [0.1, 0.15) is 31.2 Å². The van der Waals surface area contributed by atoms with E-state index in [1.54, 1.807) is 6.92 Å². The van der Waals surface area contributed by atoms with E-state index in [4.69, 9.17) is 10.5 Å². The minimum atomic E-state index is -3.59. The first kappa shape index (κ1) is 14.4. The average Bonchev–Trinajstić information content (AvgIpc) is 2.70. The number of rotatable bonds is 4. The van der Waals surface area contributed by atoms with Crippen molar-refractivity contribution >= 4 is 10.0 Å². The Bertz CT molecular complexity index is 540. The highest BCUT2D eigenvalue weighted by molar-refractivity contribution is 7.89. The number of H-pyrrole nitrogens is 1. The van der Waals surface area contributed by atoms with Gasteiger partial charge in [-0.1, -0.05) is 0 Å². The SMILES string of the molecule is Cc1[nH]nc(CN)c1S(=O)(=O)NC1CCOC(C)C1. The quantitative estimate of drug-likeness (QED) is 0.723. The Morgan fingerprint density at radius 2 is 2.32 bits per heavy atom. The summed E-state index contributed by atoms with van der Waals surface area (Å²) in [4.78, 5) is 0.175. The van der Waals surface area contributed by atoms with Crippen LogP contribution in [-0.2, 0) is 21.3 Å². The summed E-state index contributed by atoms with van der Waals surface area (Å²) in [7, 11) is -3.59. The second kappa shape index (κ2) is 5.58. The van der Waals surface area contributed by atoms with Crippen LogP contribution in [0.15, 0.2) is 4.90 Å². The Labute approximate surface area is 113 Å². The molecule has 2 unspecified atom stereocenters.